The number of carboxylic acid groups (broad SMARTS) is 1. The molecule has 5 rings (SSSR count). The van der Waals surface area contributed by atoms with E-state index in [0.29, 0.717) is 11.0 Å². The Labute approximate surface area is 230 Å². The minimum atomic E-state index is -4.54. The van der Waals surface area contributed by atoms with Crippen LogP contribution in [-0.4, -0.2) is 44.6 Å². The van der Waals surface area contributed by atoms with Gasteiger partial charge in [0.05, 0.1) is 36.0 Å². The number of ether oxygens (including phenoxy) is 1. The number of alkyl halides is 3. The highest BCUT2D eigenvalue weighted by Crippen LogP contribution is 2.33. The fourth-order valence-electron chi connectivity index (χ4n) is 3.91. The number of aromatic nitrogens is 3. The van der Waals surface area contributed by atoms with Gasteiger partial charge in [-0.1, -0.05) is 42.5 Å². The second kappa shape index (κ2) is 11.6. The molecule has 0 bridgehead atoms. The van der Waals surface area contributed by atoms with Crippen LogP contribution in [0.4, 0.5) is 13.2 Å². The maximum absolute atomic E-state index is 13.3. The third-order valence-corrected chi connectivity index (χ3v) is 5.98. The van der Waals surface area contributed by atoms with Gasteiger partial charge >= 0.3 is 12.1 Å². The molecular formula is C29H21F3N4O5. The molecule has 0 saturated heterocycles. The van der Waals surface area contributed by atoms with Crippen LogP contribution in [0.2, 0.25) is 0 Å². The van der Waals surface area contributed by atoms with Crippen LogP contribution < -0.4 is 5.32 Å². The van der Waals surface area contributed by atoms with Gasteiger partial charge in [0.2, 0.25) is 5.89 Å². The van der Waals surface area contributed by atoms with Crippen molar-refractivity contribution in [1.82, 2.24) is 20.3 Å². The van der Waals surface area contributed by atoms with Crippen LogP contribution in [0.5, 0.6) is 0 Å². The summed E-state index contributed by atoms with van der Waals surface area (Å²) in [6, 6.07) is 18.6. The lowest BCUT2D eigenvalue weighted by Crippen LogP contribution is -2.44. The van der Waals surface area contributed by atoms with Gasteiger partial charge in [-0.25, -0.2) is 14.8 Å². The number of nitrogens with zero attached hydrogens (tertiary/aromatic N) is 3. The molecule has 1 amide bonds. The van der Waals surface area contributed by atoms with Crippen LogP contribution >= 0.6 is 0 Å². The standard InChI is InChI=1S/C29H21F3N4O5/c30-29(31,32)19-12-10-18(11-13-19)27-36-24(25(41-27)22-14-33-20-8-4-5-9-21(20)34-22)26(37)35-23(28(38)39)16-40-15-17-6-2-1-3-7-17/h1-14,23H,15-16H2,(H,35,37)(H,38,39). The van der Waals surface area contributed by atoms with E-state index in [1.165, 1.54) is 6.20 Å². The molecule has 5 aromatic rings. The van der Waals surface area contributed by atoms with E-state index in [1.54, 1.807) is 24.3 Å². The number of halogens is 3. The van der Waals surface area contributed by atoms with Crippen LogP contribution in [0, 0.1) is 0 Å². The number of aliphatic carboxylic acids is 1. The lowest BCUT2D eigenvalue weighted by atomic mass is 10.1. The first kappa shape index (κ1) is 27.5. The van der Waals surface area contributed by atoms with E-state index >= 15 is 0 Å². The van der Waals surface area contributed by atoms with Gasteiger partial charge in [-0.2, -0.15) is 13.2 Å². The second-order valence-electron chi connectivity index (χ2n) is 8.88. The highest BCUT2D eigenvalue weighted by Gasteiger charge is 2.31. The minimum Gasteiger partial charge on any atom is -0.480 e. The number of carbonyl (C=O) groups is 2. The molecule has 0 fully saturated rings. The summed E-state index contributed by atoms with van der Waals surface area (Å²) in [5, 5.41) is 12.1. The number of nitrogens with one attached hydrogen (secondary N) is 1. The minimum absolute atomic E-state index is 0.117. The highest BCUT2D eigenvalue weighted by molar-refractivity contribution is 6.00. The van der Waals surface area contributed by atoms with E-state index in [9.17, 15) is 27.9 Å². The number of fused-ring (bicyclic) bond motifs is 1. The van der Waals surface area contributed by atoms with Gasteiger partial charge in [-0.15, -0.1) is 0 Å². The number of para-hydroxylation sites is 2. The lowest BCUT2D eigenvalue weighted by molar-refractivity contribution is -0.141. The van der Waals surface area contributed by atoms with Gasteiger partial charge < -0.3 is 19.6 Å². The quantitative estimate of drug-likeness (QED) is 0.246. The molecule has 41 heavy (non-hydrogen) atoms. The average molecular weight is 563 g/mol. The van der Waals surface area contributed by atoms with Gasteiger partial charge in [0.1, 0.15) is 5.69 Å². The molecule has 0 aliphatic rings. The number of rotatable bonds is 9. The van der Waals surface area contributed by atoms with E-state index in [4.69, 9.17) is 9.15 Å². The molecule has 2 heterocycles. The second-order valence-corrected chi connectivity index (χ2v) is 8.88. The van der Waals surface area contributed by atoms with Crippen molar-refractivity contribution in [3.8, 4) is 22.9 Å². The Kier molecular flexibility index (Phi) is 7.74. The molecule has 208 valence electrons. The summed E-state index contributed by atoms with van der Waals surface area (Å²) in [6.07, 6.45) is -3.19. The molecule has 2 aromatic heterocycles. The molecule has 1 atom stereocenters. The number of hydrogen-bond acceptors (Lipinski definition) is 7. The average Bonchev–Trinajstić information content (AvgIpc) is 3.42. The van der Waals surface area contributed by atoms with Crippen molar-refractivity contribution in [3.05, 3.63) is 102 Å². The summed E-state index contributed by atoms with van der Waals surface area (Å²) in [5.74, 6) is -2.55. The summed E-state index contributed by atoms with van der Waals surface area (Å²) in [6.45, 7) is -0.217. The molecule has 3 aromatic carbocycles. The van der Waals surface area contributed by atoms with Crippen molar-refractivity contribution < 1.29 is 37.0 Å². The number of amides is 1. The molecule has 0 radical (unpaired) electrons. The van der Waals surface area contributed by atoms with Crippen molar-refractivity contribution in [2.24, 2.45) is 0 Å². The first-order valence-corrected chi connectivity index (χ1v) is 12.2. The van der Waals surface area contributed by atoms with Crippen molar-refractivity contribution in [2.75, 3.05) is 6.61 Å². The maximum Gasteiger partial charge on any atom is 0.416 e. The van der Waals surface area contributed by atoms with Crippen LogP contribution in [0.25, 0.3) is 33.9 Å². The monoisotopic (exact) mass is 562 g/mol. The summed E-state index contributed by atoms with van der Waals surface area (Å²) >= 11 is 0. The van der Waals surface area contributed by atoms with Crippen molar-refractivity contribution in [2.45, 2.75) is 18.8 Å². The number of carbonyl (C=O) groups excluding carboxylic acids is 1. The molecule has 2 N–H and O–H groups in total. The van der Waals surface area contributed by atoms with Crippen LogP contribution in [0.3, 0.4) is 0 Å². The molecule has 0 spiro atoms. The number of hydrogen-bond donors (Lipinski definition) is 2. The van der Waals surface area contributed by atoms with Gasteiger partial charge in [-0.05, 0) is 42.0 Å². The Hall–Kier alpha value is -5.10. The molecule has 12 heteroatoms. The molecule has 0 aliphatic carbocycles. The normalized spacial score (nSPS) is 12.3. The maximum atomic E-state index is 13.3. The Morgan fingerprint density at radius 3 is 2.29 bits per heavy atom. The van der Waals surface area contributed by atoms with Crippen LogP contribution in [0.15, 0.2) is 89.5 Å². The third kappa shape index (κ3) is 6.39. The van der Waals surface area contributed by atoms with E-state index < -0.39 is 29.7 Å². The van der Waals surface area contributed by atoms with E-state index in [0.717, 1.165) is 29.8 Å². The predicted molar refractivity (Wildman–Crippen MR) is 140 cm³/mol. The largest absolute Gasteiger partial charge is 0.480 e. The fourth-order valence-corrected chi connectivity index (χ4v) is 3.91. The Balaban J connectivity index is 1.46. The lowest BCUT2D eigenvalue weighted by Gasteiger charge is -2.14. The van der Waals surface area contributed by atoms with E-state index in [-0.39, 0.29) is 41.8 Å². The fraction of sp³-hybridized carbons (Fsp3) is 0.138. The number of oxazole rings is 1. The third-order valence-electron chi connectivity index (χ3n) is 5.98. The molecule has 1 unspecified atom stereocenters. The van der Waals surface area contributed by atoms with Gasteiger partial charge in [0.25, 0.3) is 5.91 Å². The van der Waals surface area contributed by atoms with E-state index in [2.05, 4.69) is 20.3 Å². The van der Waals surface area contributed by atoms with Crippen LogP contribution in [0.1, 0.15) is 21.6 Å². The van der Waals surface area contributed by atoms with Crippen molar-refractivity contribution >= 4 is 22.9 Å². The SMILES string of the molecule is O=C(NC(COCc1ccccc1)C(=O)O)c1nc(-c2ccc(C(F)(F)F)cc2)oc1-c1cnc2ccccc2n1. The Morgan fingerprint density at radius 2 is 1.61 bits per heavy atom. The molecular weight excluding hydrogens is 541 g/mol. The Morgan fingerprint density at radius 1 is 0.927 bits per heavy atom. The predicted octanol–water partition coefficient (Wildman–Crippen LogP) is 5.37. The molecule has 0 saturated carbocycles. The van der Waals surface area contributed by atoms with Gasteiger partial charge in [-0.3, -0.25) is 9.78 Å². The van der Waals surface area contributed by atoms with Gasteiger partial charge in [0.15, 0.2) is 17.5 Å². The molecule has 0 aliphatic heterocycles. The molecule has 9 nitrogen and oxygen atoms in total. The van der Waals surface area contributed by atoms with Crippen molar-refractivity contribution in [1.29, 1.82) is 0 Å². The summed E-state index contributed by atoms with van der Waals surface area (Å²) in [7, 11) is 0. The highest BCUT2D eigenvalue weighted by atomic mass is 19.4. The zero-order valence-electron chi connectivity index (χ0n) is 21.1. The smallest absolute Gasteiger partial charge is 0.416 e. The Bertz CT molecular complexity index is 1690. The topological polar surface area (TPSA) is 127 Å². The summed E-state index contributed by atoms with van der Waals surface area (Å²) in [4.78, 5) is 38.2. The first-order valence-electron chi connectivity index (χ1n) is 12.2. The first-order chi connectivity index (χ1) is 19.7. The van der Waals surface area contributed by atoms with Crippen LogP contribution in [-0.2, 0) is 22.3 Å². The van der Waals surface area contributed by atoms with E-state index in [1.807, 2.05) is 30.3 Å². The zero-order chi connectivity index (χ0) is 29.0. The number of carboxylic acids is 1. The summed E-state index contributed by atoms with van der Waals surface area (Å²) < 4.78 is 50.5. The van der Waals surface area contributed by atoms with Gasteiger partial charge in [0, 0.05) is 5.56 Å². The zero-order valence-corrected chi connectivity index (χ0v) is 21.1. The number of benzene rings is 3. The van der Waals surface area contributed by atoms with Crippen molar-refractivity contribution in [3.63, 3.8) is 0 Å². The summed E-state index contributed by atoms with van der Waals surface area (Å²) in [5.41, 5.74) is 0.968.